The number of ether oxygens (including phenoxy) is 2. The van der Waals surface area contributed by atoms with Gasteiger partial charge < -0.3 is 9.47 Å². The Balaban J connectivity index is 1.64. The smallest absolute Gasteiger partial charge is 0.338 e. The number of carbonyl (C=O) groups is 1. The van der Waals surface area contributed by atoms with Crippen LogP contribution in [0.1, 0.15) is 22.8 Å². The molecule has 0 fully saturated rings. The summed E-state index contributed by atoms with van der Waals surface area (Å²) in [6, 6.07) is 23.1. The van der Waals surface area contributed by atoms with Gasteiger partial charge in [0.2, 0.25) is 0 Å². The summed E-state index contributed by atoms with van der Waals surface area (Å²) in [6.45, 7) is 2.10. The lowest BCUT2D eigenvalue weighted by molar-refractivity contribution is 0.0450. The van der Waals surface area contributed by atoms with Gasteiger partial charge in [0.1, 0.15) is 19.0 Å². The maximum absolute atomic E-state index is 13.1. The maximum atomic E-state index is 13.1. The van der Waals surface area contributed by atoms with Crippen LogP contribution in [0.2, 0.25) is 0 Å². The normalized spacial score (nSPS) is 10.8. The van der Waals surface area contributed by atoms with Crippen molar-refractivity contribution >= 4 is 21.7 Å². The van der Waals surface area contributed by atoms with E-state index in [9.17, 15) is 13.2 Å². The van der Waals surface area contributed by atoms with E-state index in [1.165, 1.54) is 28.6 Å². The number of hydrogen-bond donors (Lipinski definition) is 0. The molecule has 0 aromatic heterocycles. The molecule has 3 rings (SSSR count). The van der Waals surface area contributed by atoms with Crippen LogP contribution in [0.25, 0.3) is 0 Å². The predicted molar refractivity (Wildman–Crippen MR) is 120 cm³/mol. The fourth-order valence-corrected chi connectivity index (χ4v) is 4.52. The third-order valence-electron chi connectivity index (χ3n) is 4.56. The molecule has 0 amide bonds. The molecule has 0 aliphatic rings. The lowest BCUT2D eigenvalue weighted by atomic mass is 10.2. The molecule has 0 aliphatic carbocycles. The Morgan fingerprint density at radius 2 is 1.69 bits per heavy atom. The summed E-state index contributed by atoms with van der Waals surface area (Å²) in [4.78, 5) is 12.4. The van der Waals surface area contributed by atoms with Crippen LogP contribution in [0.15, 0.2) is 83.8 Å². The summed E-state index contributed by atoms with van der Waals surface area (Å²) in [5, 5.41) is 8.80. The molecule has 0 heterocycles. The molecule has 164 valence electrons. The Labute approximate surface area is 187 Å². The third-order valence-corrected chi connectivity index (χ3v) is 6.46. The number of nitriles is 1. The van der Waals surface area contributed by atoms with Crippen LogP contribution in [0, 0.1) is 11.3 Å². The molecule has 3 aromatic rings. The second-order valence-electron chi connectivity index (χ2n) is 6.65. The third kappa shape index (κ3) is 5.45. The van der Waals surface area contributed by atoms with Gasteiger partial charge >= 0.3 is 5.97 Å². The largest absolute Gasteiger partial charge is 0.490 e. The fraction of sp³-hybridized carbons (Fsp3) is 0.167. The van der Waals surface area contributed by atoms with E-state index in [-0.39, 0.29) is 30.2 Å². The molecule has 0 spiro atoms. The Morgan fingerprint density at radius 1 is 0.969 bits per heavy atom. The molecule has 0 unspecified atom stereocenters. The lowest BCUT2D eigenvalue weighted by Gasteiger charge is -2.23. The number of sulfonamides is 1. The first-order chi connectivity index (χ1) is 15.5. The number of para-hydroxylation sites is 1. The minimum absolute atomic E-state index is 0.00601. The van der Waals surface area contributed by atoms with Crippen LogP contribution in [-0.2, 0) is 14.8 Å². The summed E-state index contributed by atoms with van der Waals surface area (Å²) >= 11 is 0. The highest BCUT2D eigenvalue weighted by atomic mass is 32.2. The monoisotopic (exact) mass is 450 g/mol. The first-order valence-corrected chi connectivity index (χ1v) is 11.4. The second kappa shape index (κ2) is 10.5. The molecule has 3 aromatic carbocycles. The molecule has 32 heavy (non-hydrogen) atoms. The fourth-order valence-electron chi connectivity index (χ4n) is 3.00. The zero-order chi connectivity index (χ0) is 23.0. The molecule has 0 saturated heterocycles. The number of nitrogens with zero attached hydrogens (tertiary/aromatic N) is 2. The maximum Gasteiger partial charge on any atom is 0.338 e. The van der Waals surface area contributed by atoms with Gasteiger partial charge in [-0.25, -0.2) is 13.2 Å². The van der Waals surface area contributed by atoms with Crippen molar-refractivity contribution in [1.82, 2.24) is 0 Å². The quantitative estimate of drug-likeness (QED) is 0.361. The van der Waals surface area contributed by atoms with Crippen LogP contribution in [0.4, 0.5) is 5.69 Å². The van der Waals surface area contributed by atoms with E-state index in [1.54, 1.807) is 55.5 Å². The van der Waals surface area contributed by atoms with E-state index in [0.29, 0.717) is 17.0 Å². The molecule has 0 atom stereocenters. The van der Waals surface area contributed by atoms with Gasteiger partial charge in [0, 0.05) is 6.54 Å². The number of rotatable bonds is 9. The SMILES string of the molecule is CCN(c1ccccc1)S(=O)(=O)c1cccc(C(=O)OCCOc2ccc(C#N)cc2)c1. The minimum Gasteiger partial charge on any atom is -0.490 e. The summed E-state index contributed by atoms with van der Waals surface area (Å²) in [6.07, 6.45) is 0. The zero-order valence-corrected chi connectivity index (χ0v) is 18.3. The van der Waals surface area contributed by atoms with Crippen molar-refractivity contribution in [2.24, 2.45) is 0 Å². The van der Waals surface area contributed by atoms with E-state index >= 15 is 0 Å². The van der Waals surface area contributed by atoms with Gasteiger partial charge in [-0.05, 0) is 61.5 Å². The van der Waals surface area contributed by atoms with Crippen molar-refractivity contribution in [2.75, 3.05) is 24.1 Å². The highest BCUT2D eigenvalue weighted by Gasteiger charge is 2.24. The summed E-state index contributed by atoms with van der Waals surface area (Å²) in [7, 11) is -3.85. The molecule has 0 bridgehead atoms. The van der Waals surface area contributed by atoms with Crippen molar-refractivity contribution in [1.29, 1.82) is 5.26 Å². The van der Waals surface area contributed by atoms with E-state index in [1.807, 2.05) is 12.1 Å². The molecular weight excluding hydrogens is 428 g/mol. The Morgan fingerprint density at radius 3 is 2.34 bits per heavy atom. The highest BCUT2D eigenvalue weighted by Crippen LogP contribution is 2.24. The van der Waals surface area contributed by atoms with Gasteiger partial charge in [0.15, 0.2) is 0 Å². The molecule has 0 aliphatic heterocycles. The minimum atomic E-state index is -3.85. The van der Waals surface area contributed by atoms with Gasteiger partial charge in [-0.2, -0.15) is 5.26 Å². The van der Waals surface area contributed by atoms with Crippen LogP contribution in [0.5, 0.6) is 5.75 Å². The van der Waals surface area contributed by atoms with Crippen LogP contribution < -0.4 is 9.04 Å². The van der Waals surface area contributed by atoms with Crippen molar-refractivity contribution in [3.8, 4) is 11.8 Å². The lowest BCUT2D eigenvalue weighted by Crippen LogP contribution is -2.30. The standard InChI is InChI=1S/C24H22N2O5S/c1-2-26(21-8-4-3-5-9-21)32(28,29)23-10-6-7-20(17-23)24(27)31-16-15-30-22-13-11-19(18-25)12-14-22/h3-14,17H,2,15-16H2,1H3. The zero-order valence-electron chi connectivity index (χ0n) is 17.5. The van der Waals surface area contributed by atoms with Crippen LogP contribution in [0.3, 0.4) is 0 Å². The summed E-state index contributed by atoms with van der Waals surface area (Å²) in [5.74, 6) is -0.0954. The number of benzene rings is 3. The molecule has 0 N–H and O–H groups in total. The van der Waals surface area contributed by atoms with Crippen LogP contribution in [-0.4, -0.2) is 34.1 Å². The first kappa shape index (κ1) is 22.8. The molecule has 7 nitrogen and oxygen atoms in total. The molecule has 8 heteroatoms. The van der Waals surface area contributed by atoms with Crippen LogP contribution >= 0.6 is 0 Å². The van der Waals surface area contributed by atoms with E-state index < -0.39 is 16.0 Å². The highest BCUT2D eigenvalue weighted by molar-refractivity contribution is 7.92. The van der Waals surface area contributed by atoms with Gasteiger partial charge in [-0.3, -0.25) is 4.31 Å². The summed E-state index contributed by atoms with van der Waals surface area (Å²) in [5.41, 5.74) is 1.20. The predicted octanol–water partition coefficient (Wildman–Crippen LogP) is 4.01. The Bertz CT molecular complexity index is 1200. The van der Waals surface area contributed by atoms with Gasteiger partial charge in [-0.1, -0.05) is 24.3 Å². The number of hydrogen-bond acceptors (Lipinski definition) is 6. The van der Waals surface area contributed by atoms with Crippen molar-refractivity contribution in [3.63, 3.8) is 0 Å². The second-order valence-corrected chi connectivity index (χ2v) is 8.52. The first-order valence-electron chi connectivity index (χ1n) is 9.93. The van der Waals surface area contributed by atoms with Gasteiger partial charge in [-0.15, -0.1) is 0 Å². The Hall–Kier alpha value is -3.83. The van der Waals surface area contributed by atoms with Crippen molar-refractivity contribution in [2.45, 2.75) is 11.8 Å². The van der Waals surface area contributed by atoms with E-state index in [0.717, 1.165) is 0 Å². The molecule has 0 radical (unpaired) electrons. The topological polar surface area (TPSA) is 96.7 Å². The Kier molecular flexibility index (Phi) is 7.47. The van der Waals surface area contributed by atoms with E-state index in [4.69, 9.17) is 14.7 Å². The average Bonchev–Trinajstić information content (AvgIpc) is 2.83. The number of esters is 1. The van der Waals surface area contributed by atoms with Crippen molar-refractivity contribution in [3.05, 3.63) is 90.0 Å². The molecular formula is C24H22N2O5S. The van der Waals surface area contributed by atoms with Gasteiger partial charge in [0.05, 0.1) is 27.8 Å². The van der Waals surface area contributed by atoms with E-state index in [2.05, 4.69) is 0 Å². The number of anilines is 1. The van der Waals surface area contributed by atoms with Crippen molar-refractivity contribution < 1.29 is 22.7 Å². The average molecular weight is 451 g/mol. The molecule has 0 saturated carbocycles. The number of carbonyl (C=O) groups excluding carboxylic acids is 1. The van der Waals surface area contributed by atoms with Gasteiger partial charge in [0.25, 0.3) is 10.0 Å². The summed E-state index contributed by atoms with van der Waals surface area (Å²) < 4.78 is 38.2.